The summed E-state index contributed by atoms with van der Waals surface area (Å²) in [6.07, 6.45) is 7.99. The van der Waals surface area contributed by atoms with Crippen LogP contribution >= 0.6 is 0 Å². The number of hydrogen-bond donors (Lipinski definition) is 1. The molecule has 2 aliphatic carbocycles. The molecule has 2 saturated carbocycles. The molecule has 2 bridgehead atoms. The van der Waals surface area contributed by atoms with Gasteiger partial charge >= 0.3 is 0 Å². The molecule has 3 rings (SSSR count). The maximum atomic E-state index is 3.36. The Hall–Kier alpha value is -0.720. The fourth-order valence-corrected chi connectivity index (χ4v) is 3.20. The third-order valence-corrected chi connectivity index (χ3v) is 3.76. The average molecular weight is 161 g/mol. The molecule has 0 radical (unpaired) electrons. The monoisotopic (exact) mass is 161 g/mol. The Balaban J connectivity index is 1.87. The Morgan fingerprint density at radius 1 is 1.25 bits per heavy atom. The number of fused-ring (bicyclic) bond motifs is 2. The fourth-order valence-electron chi connectivity index (χ4n) is 3.20. The van der Waals surface area contributed by atoms with E-state index in [1.54, 1.807) is 0 Å². The predicted octanol–water partition coefficient (Wildman–Crippen LogP) is 2.92. The summed E-state index contributed by atoms with van der Waals surface area (Å²) in [5.41, 5.74) is 1.49. The van der Waals surface area contributed by atoms with Crippen LogP contribution in [0.5, 0.6) is 0 Å². The van der Waals surface area contributed by atoms with Crippen molar-refractivity contribution in [2.24, 2.45) is 11.8 Å². The molecule has 2 aliphatic rings. The Morgan fingerprint density at radius 3 is 2.83 bits per heavy atom. The summed E-state index contributed by atoms with van der Waals surface area (Å²) >= 11 is 0. The molecule has 1 aromatic rings. The van der Waals surface area contributed by atoms with Crippen LogP contribution in [0.2, 0.25) is 0 Å². The molecule has 0 aromatic carbocycles. The first kappa shape index (κ1) is 6.76. The van der Waals surface area contributed by atoms with Crippen molar-refractivity contribution >= 4 is 0 Å². The number of aromatic nitrogens is 1. The molecular formula is C11H15N. The van der Waals surface area contributed by atoms with Gasteiger partial charge in [-0.2, -0.15) is 0 Å². The molecule has 1 heterocycles. The van der Waals surface area contributed by atoms with E-state index in [4.69, 9.17) is 0 Å². The zero-order valence-electron chi connectivity index (χ0n) is 7.29. The van der Waals surface area contributed by atoms with Gasteiger partial charge in [0, 0.05) is 17.8 Å². The van der Waals surface area contributed by atoms with Gasteiger partial charge in [0.15, 0.2) is 0 Å². The van der Waals surface area contributed by atoms with Crippen molar-refractivity contribution in [3.8, 4) is 0 Å². The van der Waals surface area contributed by atoms with Crippen molar-refractivity contribution in [1.29, 1.82) is 0 Å². The Kier molecular flexibility index (Phi) is 1.34. The van der Waals surface area contributed by atoms with E-state index >= 15 is 0 Å². The highest BCUT2D eigenvalue weighted by atomic mass is 14.7. The zero-order valence-corrected chi connectivity index (χ0v) is 7.29. The van der Waals surface area contributed by atoms with E-state index in [0.29, 0.717) is 0 Å². The van der Waals surface area contributed by atoms with E-state index in [-0.39, 0.29) is 0 Å². The van der Waals surface area contributed by atoms with Crippen molar-refractivity contribution in [2.45, 2.75) is 31.6 Å². The number of hydrogen-bond acceptors (Lipinski definition) is 0. The number of aromatic amines is 1. The van der Waals surface area contributed by atoms with Crippen LogP contribution in [-0.2, 0) is 0 Å². The molecule has 1 N–H and O–H groups in total. The van der Waals surface area contributed by atoms with Gasteiger partial charge in [-0.15, -0.1) is 0 Å². The smallest absolute Gasteiger partial charge is 0.0181 e. The highest BCUT2D eigenvalue weighted by molar-refractivity contribution is 5.15. The lowest BCUT2D eigenvalue weighted by Gasteiger charge is -2.20. The Morgan fingerprint density at radius 2 is 2.25 bits per heavy atom. The molecule has 0 saturated heterocycles. The second-order valence-electron chi connectivity index (χ2n) is 4.41. The van der Waals surface area contributed by atoms with Crippen LogP contribution < -0.4 is 0 Å². The minimum absolute atomic E-state index is 0.874. The second kappa shape index (κ2) is 2.38. The van der Waals surface area contributed by atoms with Crippen molar-refractivity contribution in [1.82, 2.24) is 4.98 Å². The first-order valence-corrected chi connectivity index (χ1v) is 5.07. The molecule has 0 unspecified atom stereocenters. The van der Waals surface area contributed by atoms with E-state index in [1.165, 1.54) is 31.4 Å². The van der Waals surface area contributed by atoms with Crippen molar-refractivity contribution in [2.75, 3.05) is 0 Å². The summed E-state index contributed by atoms with van der Waals surface area (Å²) in [5, 5.41) is 0. The zero-order chi connectivity index (χ0) is 7.97. The Bertz CT molecular complexity index is 263. The van der Waals surface area contributed by atoms with Gasteiger partial charge in [-0.3, -0.25) is 0 Å². The summed E-state index contributed by atoms with van der Waals surface area (Å²) in [6.45, 7) is 0. The van der Waals surface area contributed by atoms with Gasteiger partial charge in [-0.1, -0.05) is 6.42 Å². The standard InChI is InChI=1S/C11H15N/c1-2-11(12-5-1)10-7-8-3-4-9(10)6-8/h1-2,5,8-10,12H,3-4,6-7H2/t8-,9+,10+/m0/s1. The molecule has 2 fully saturated rings. The number of nitrogens with one attached hydrogen (secondary N) is 1. The SMILES string of the molecule is c1c[nH]c([C@@H]2C[C@H]3CC[C@@H]2C3)c1. The average Bonchev–Trinajstić information content (AvgIpc) is 2.81. The van der Waals surface area contributed by atoms with E-state index < -0.39 is 0 Å². The molecule has 0 spiro atoms. The maximum Gasteiger partial charge on any atom is 0.0181 e. The van der Waals surface area contributed by atoms with Gasteiger partial charge in [0.05, 0.1) is 0 Å². The molecular weight excluding hydrogens is 146 g/mol. The van der Waals surface area contributed by atoms with Gasteiger partial charge in [-0.05, 0) is 43.2 Å². The molecule has 0 aliphatic heterocycles. The first-order valence-electron chi connectivity index (χ1n) is 5.07. The van der Waals surface area contributed by atoms with Crippen molar-refractivity contribution in [3.63, 3.8) is 0 Å². The van der Waals surface area contributed by atoms with E-state index in [2.05, 4.69) is 23.3 Å². The van der Waals surface area contributed by atoms with Crippen LogP contribution in [0.25, 0.3) is 0 Å². The van der Waals surface area contributed by atoms with Crippen molar-refractivity contribution in [3.05, 3.63) is 24.0 Å². The van der Waals surface area contributed by atoms with Gasteiger partial charge in [0.2, 0.25) is 0 Å². The molecule has 1 heteroatoms. The highest BCUT2D eigenvalue weighted by Gasteiger charge is 2.40. The Labute approximate surface area is 73.2 Å². The number of H-pyrrole nitrogens is 1. The van der Waals surface area contributed by atoms with E-state index in [0.717, 1.165) is 17.8 Å². The molecule has 12 heavy (non-hydrogen) atoms. The second-order valence-corrected chi connectivity index (χ2v) is 4.41. The third-order valence-electron chi connectivity index (χ3n) is 3.76. The van der Waals surface area contributed by atoms with Crippen LogP contribution in [0.3, 0.4) is 0 Å². The van der Waals surface area contributed by atoms with Crippen LogP contribution in [0.1, 0.15) is 37.3 Å². The first-order chi connectivity index (χ1) is 5.93. The van der Waals surface area contributed by atoms with Gasteiger partial charge < -0.3 is 4.98 Å². The molecule has 0 amide bonds. The third kappa shape index (κ3) is 0.855. The van der Waals surface area contributed by atoms with Gasteiger partial charge in [0.1, 0.15) is 0 Å². The minimum Gasteiger partial charge on any atom is -0.365 e. The summed E-state index contributed by atoms with van der Waals surface area (Å²) in [7, 11) is 0. The predicted molar refractivity (Wildman–Crippen MR) is 49.0 cm³/mol. The summed E-state index contributed by atoms with van der Waals surface area (Å²) in [4.78, 5) is 3.36. The van der Waals surface area contributed by atoms with Crippen LogP contribution in [0.4, 0.5) is 0 Å². The summed E-state index contributed by atoms with van der Waals surface area (Å²) in [6, 6.07) is 4.38. The summed E-state index contributed by atoms with van der Waals surface area (Å²) in [5.74, 6) is 2.94. The highest BCUT2D eigenvalue weighted by Crippen LogP contribution is 2.52. The van der Waals surface area contributed by atoms with Crippen LogP contribution in [0.15, 0.2) is 18.3 Å². The topological polar surface area (TPSA) is 15.8 Å². The minimum atomic E-state index is 0.874. The normalized spacial score (nSPS) is 39.2. The largest absolute Gasteiger partial charge is 0.365 e. The summed E-state index contributed by atoms with van der Waals surface area (Å²) < 4.78 is 0. The van der Waals surface area contributed by atoms with Gasteiger partial charge in [-0.25, -0.2) is 0 Å². The van der Waals surface area contributed by atoms with Gasteiger partial charge in [0.25, 0.3) is 0 Å². The molecule has 1 nitrogen and oxygen atoms in total. The molecule has 1 aromatic heterocycles. The lowest BCUT2D eigenvalue weighted by molar-refractivity contribution is 0.414. The van der Waals surface area contributed by atoms with E-state index in [9.17, 15) is 0 Å². The lowest BCUT2D eigenvalue weighted by Crippen LogP contribution is -2.08. The van der Waals surface area contributed by atoms with Crippen LogP contribution in [0, 0.1) is 11.8 Å². The lowest BCUT2D eigenvalue weighted by atomic mass is 9.87. The quantitative estimate of drug-likeness (QED) is 0.651. The fraction of sp³-hybridized carbons (Fsp3) is 0.636. The van der Waals surface area contributed by atoms with Crippen LogP contribution in [-0.4, -0.2) is 4.98 Å². The molecule has 3 atom stereocenters. The van der Waals surface area contributed by atoms with Crippen molar-refractivity contribution < 1.29 is 0 Å². The molecule has 64 valence electrons. The van der Waals surface area contributed by atoms with E-state index in [1.807, 2.05) is 0 Å². The number of rotatable bonds is 1. The maximum absolute atomic E-state index is 3.36.